The molecule has 0 bridgehead atoms. The molecule has 3 nitrogen and oxygen atoms in total. The van der Waals surface area contributed by atoms with Gasteiger partial charge in [0.2, 0.25) is 0 Å². The maximum absolute atomic E-state index is 11.0. The number of rotatable bonds is 5. The van der Waals surface area contributed by atoms with E-state index in [1.54, 1.807) is 0 Å². The van der Waals surface area contributed by atoms with Gasteiger partial charge in [-0.05, 0) is 11.1 Å². The van der Waals surface area contributed by atoms with Crippen molar-refractivity contribution in [3.63, 3.8) is 0 Å². The number of hydrogen-bond donors (Lipinski definition) is 1. The van der Waals surface area contributed by atoms with Crippen LogP contribution in [0.25, 0.3) is 0 Å². The van der Waals surface area contributed by atoms with Crippen LogP contribution in [0.4, 0.5) is 0 Å². The van der Waals surface area contributed by atoms with Crippen LogP contribution in [-0.2, 0) is 12.8 Å². The summed E-state index contributed by atoms with van der Waals surface area (Å²) < 4.78 is 0. The molecule has 1 heterocycles. The zero-order valence-corrected chi connectivity index (χ0v) is 11.6. The Morgan fingerprint density at radius 1 is 0.857 bits per heavy atom. The van der Waals surface area contributed by atoms with Gasteiger partial charge in [-0.15, -0.1) is 0 Å². The van der Waals surface area contributed by atoms with E-state index in [2.05, 4.69) is 34.2 Å². The lowest BCUT2D eigenvalue weighted by Crippen LogP contribution is -1.96. The molecule has 0 atom stereocenters. The molecule has 1 N–H and O–H groups in total. The van der Waals surface area contributed by atoms with Crippen LogP contribution in [0.2, 0.25) is 0 Å². The third-order valence-electron chi connectivity index (χ3n) is 3.43. The lowest BCUT2D eigenvalue weighted by atomic mass is 10.0. The molecule has 0 aliphatic rings. The van der Waals surface area contributed by atoms with Crippen molar-refractivity contribution < 1.29 is 4.79 Å². The summed E-state index contributed by atoms with van der Waals surface area (Å²) in [5, 5.41) is 0. The topological polar surface area (TPSA) is 45.8 Å². The molecule has 0 aliphatic carbocycles. The molecule has 0 radical (unpaired) electrons. The molecule has 0 amide bonds. The average molecular weight is 276 g/mol. The van der Waals surface area contributed by atoms with Gasteiger partial charge in [0.1, 0.15) is 0 Å². The highest BCUT2D eigenvalue weighted by Crippen LogP contribution is 2.16. The fourth-order valence-corrected chi connectivity index (χ4v) is 2.41. The summed E-state index contributed by atoms with van der Waals surface area (Å²) in [6.07, 6.45) is 2.25. The van der Waals surface area contributed by atoms with Gasteiger partial charge in [0.05, 0.1) is 5.69 Å². The van der Waals surface area contributed by atoms with Gasteiger partial charge >= 0.3 is 0 Å². The Balaban J connectivity index is 1.89. The molecule has 2 aromatic carbocycles. The number of aromatic amines is 1. The Bertz CT molecular complexity index is 658. The second-order valence-electron chi connectivity index (χ2n) is 4.99. The molecule has 104 valence electrons. The van der Waals surface area contributed by atoms with Gasteiger partial charge in [-0.25, -0.2) is 4.98 Å². The van der Waals surface area contributed by atoms with Crippen LogP contribution >= 0.6 is 0 Å². The minimum absolute atomic E-state index is 0.395. The van der Waals surface area contributed by atoms with Gasteiger partial charge in [-0.2, -0.15) is 0 Å². The molecule has 21 heavy (non-hydrogen) atoms. The average Bonchev–Trinajstić information content (AvgIpc) is 2.91. The smallest absolute Gasteiger partial charge is 0.185 e. The van der Waals surface area contributed by atoms with E-state index in [4.69, 9.17) is 0 Å². The van der Waals surface area contributed by atoms with E-state index >= 15 is 0 Å². The summed E-state index contributed by atoms with van der Waals surface area (Å²) in [4.78, 5) is 18.5. The molecule has 1 aromatic heterocycles. The van der Waals surface area contributed by atoms with E-state index < -0.39 is 0 Å². The first-order valence-corrected chi connectivity index (χ1v) is 6.96. The molecule has 0 unspecified atom stereocenters. The standard InChI is InChI=1S/C18H16N2O/c21-13-18-19-16(11-14-7-3-1-4-8-14)17(20-18)12-15-9-5-2-6-10-15/h1-10,13H,11-12H2,(H,19,20). The van der Waals surface area contributed by atoms with E-state index in [-0.39, 0.29) is 0 Å². The fraction of sp³-hybridized carbons (Fsp3) is 0.111. The largest absolute Gasteiger partial charge is 0.339 e. The zero-order valence-electron chi connectivity index (χ0n) is 11.6. The maximum atomic E-state index is 11.0. The first kappa shape index (κ1) is 13.3. The molecular weight excluding hydrogens is 260 g/mol. The Kier molecular flexibility index (Phi) is 3.92. The number of H-pyrrole nitrogens is 1. The molecular formula is C18H16N2O. The van der Waals surface area contributed by atoms with Crippen molar-refractivity contribution in [2.45, 2.75) is 12.8 Å². The summed E-state index contributed by atoms with van der Waals surface area (Å²) in [6, 6.07) is 20.4. The van der Waals surface area contributed by atoms with Crippen LogP contribution < -0.4 is 0 Å². The lowest BCUT2D eigenvalue weighted by Gasteiger charge is -2.03. The van der Waals surface area contributed by atoms with Crippen LogP contribution in [0.1, 0.15) is 33.1 Å². The summed E-state index contributed by atoms with van der Waals surface area (Å²) in [6.45, 7) is 0. The number of imidazole rings is 1. The van der Waals surface area contributed by atoms with Gasteiger partial charge in [0.15, 0.2) is 12.1 Å². The van der Waals surface area contributed by atoms with Crippen molar-refractivity contribution >= 4 is 6.29 Å². The third kappa shape index (κ3) is 3.26. The quantitative estimate of drug-likeness (QED) is 0.726. The van der Waals surface area contributed by atoms with E-state index in [1.807, 2.05) is 36.4 Å². The minimum atomic E-state index is 0.395. The number of aldehydes is 1. The van der Waals surface area contributed by atoms with Crippen LogP contribution in [0.15, 0.2) is 60.7 Å². The predicted molar refractivity (Wildman–Crippen MR) is 82.5 cm³/mol. The van der Waals surface area contributed by atoms with E-state index in [0.29, 0.717) is 5.82 Å². The highest BCUT2D eigenvalue weighted by Gasteiger charge is 2.11. The molecule has 3 heteroatoms. The number of carbonyl (C=O) groups excluding carboxylic acids is 1. The number of nitrogens with zero attached hydrogens (tertiary/aromatic N) is 1. The first-order valence-electron chi connectivity index (χ1n) is 6.96. The minimum Gasteiger partial charge on any atom is -0.339 e. The second kappa shape index (κ2) is 6.18. The van der Waals surface area contributed by atoms with E-state index in [0.717, 1.165) is 30.5 Å². The second-order valence-corrected chi connectivity index (χ2v) is 4.99. The number of carbonyl (C=O) groups is 1. The molecule has 0 aliphatic heterocycles. The number of benzene rings is 2. The molecule has 0 saturated heterocycles. The predicted octanol–water partition coefficient (Wildman–Crippen LogP) is 3.40. The van der Waals surface area contributed by atoms with Crippen molar-refractivity contribution in [1.82, 2.24) is 9.97 Å². The van der Waals surface area contributed by atoms with Crippen LogP contribution in [0.5, 0.6) is 0 Å². The third-order valence-corrected chi connectivity index (χ3v) is 3.43. The van der Waals surface area contributed by atoms with Gasteiger partial charge in [0, 0.05) is 18.5 Å². The summed E-state index contributed by atoms with van der Waals surface area (Å²) in [7, 11) is 0. The number of aromatic nitrogens is 2. The molecule has 0 saturated carbocycles. The van der Waals surface area contributed by atoms with Crippen LogP contribution in [-0.4, -0.2) is 16.3 Å². The van der Waals surface area contributed by atoms with Crippen molar-refractivity contribution in [1.29, 1.82) is 0 Å². The highest BCUT2D eigenvalue weighted by molar-refractivity contribution is 5.69. The zero-order chi connectivity index (χ0) is 14.5. The van der Waals surface area contributed by atoms with Crippen molar-refractivity contribution in [3.05, 3.63) is 89.0 Å². The summed E-state index contributed by atoms with van der Waals surface area (Å²) in [5.74, 6) is 0.395. The van der Waals surface area contributed by atoms with Gasteiger partial charge in [-0.1, -0.05) is 60.7 Å². The van der Waals surface area contributed by atoms with Crippen molar-refractivity contribution in [3.8, 4) is 0 Å². The highest BCUT2D eigenvalue weighted by atomic mass is 16.1. The lowest BCUT2D eigenvalue weighted by molar-refractivity contribution is 0.111. The van der Waals surface area contributed by atoms with E-state index in [9.17, 15) is 4.79 Å². The number of hydrogen-bond acceptors (Lipinski definition) is 2. The summed E-state index contributed by atoms with van der Waals surface area (Å²) in [5.41, 5.74) is 4.34. The molecule has 3 rings (SSSR count). The monoisotopic (exact) mass is 276 g/mol. The fourth-order valence-electron chi connectivity index (χ4n) is 2.41. The SMILES string of the molecule is O=Cc1nc(Cc2ccccc2)c(Cc2ccccc2)[nH]1. The van der Waals surface area contributed by atoms with Gasteiger partial charge in [0.25, 0.3) is 0 Å². The van der Waals surface area contributed by atoms with Crippen LogP contribution in [0, 0.1) is 0 Å². The van der Waals surface area contributed by atoms with Crippen LogP contribution in [0.3, 0.4) is 0 Å². The maximum Gasteiger partial charge on any atom is 0.185 e. The number of nitrogens with one attached hydrogen (secondary N) is 1. The Hall–Kier alpha value is -2.68. The molecule has 0 spiro atoms. The normalized spacial score (nSPS) is 10.5. The van der Waals surface area contributed by atoms with Crippen molar-refractivity contribution in [2.24, 2.45) is 0 Å². The van der Waals surface area contributed by atoms with E-state index in [1.165, 1.54) is 11.1 Å². The Labute approximate surface area is 123 Å². The molecule has 3 aromatic rings. The Morgan fingerprint density at radius 3 is 2.00 bits per heavy atom. The summed E-state index contributed by atoms with van der Waals surface area (Å²) >= 11 is 0. The first-order chi connectivity index (χ1) is 10.3. The Morgan fingerprint density at radius 2 is 1.43 bits per heavy atom. The van der Waals surface area contributed by atoms with Gasteiger partial charge in [-0.3, -0.25) is 4.79 Å². The van der Waals surface area contributed by atoms with Gasteiger partial charge < -0.3 is 4.98 Å². The molecule has 0 fully saturated rings. The van der Waals surface area contributed by atoms with Crippen molar-refractivity contribution in [2.75, 3.05) is 0 Å².